The molecule has 0 aromatic rings. The number of nitrogens with one attached hydrogen (secondary N) is 3. The van der Waals surface area contributed by atoms with E-state index in [0.717, 1.165) is 0 Å². The summed E-state index contributed by atoms with van der Waals surface area (Å²) >= 11 is 0. The highest BCUT2D eigenvalue weighted by atomic mass is 16.4. The van der Waals surface area contributed by atoms with E-state index in [1.807, 2.05) is 0 Å². The van der Waals surface area contributed by atoms with Crippen molar-refractivity contribution in [3.63, 3.8) is 0 Å². The van der Waals surface area contributed by atoms with Gasteiger partial charge in [0.15, 0.2) is 0 Å². The number of primary amides is 1. The van der Waals surface area contributed by atoms with Crippen LogP contribution in [0, 0.1) is 5.92 Å². The van der Waals surface area contributed by atoms with Gasteiger partial charge in [0.2, 0.25) is 23.6 Å². The second-order valence-corrected chi connectivity index (χ2v) is 7.83. The van der Waals surface area contributed by atoms with Crippen LogP contribution in [0.3, 0.4) is 0 Å². The molecule has 0 saturated carbocycles. The first-order chi connectivity index (χ1) is 15.6. The zero-order valence-electron chi connectivity index (χ0n) is 18.8. The molecular weight excluding hydrogens is 458 g/mol. The summed E-state index contributed by atoms with van der Waals surface area (Å²) in [4.78, 5) is 81.5. The van der Waals surface area contributed by atoms with Gasteiger partial charge < -0.3 is 42.7 Å². The number of amides is 4. The van der Waals surface area contributed by atoms with Gasteiger partial charge in [-0.15, -0.1) is 0 Å². The molecule has 0 radical (unpaired) electrons. The Labute approximate surface area is 194 Å². The molecule has 0 heterocycles. The summed E-state index contributed by atoms with van der Waals surface area (Å²) in [5, 5.41) is 33.4. The van der Waals surface area contributed by atoms with Crippen LogP contribution in [0.2, 0.25) is 0 Å². The second kappa shape index (κ2) is 14.4. The molecule has 0 aliphatic rings. The molecule has 0 aromatic heterocycles. The maximum atomic E-state index is 12.8. The number of aliphatic carboxylic acids is 3. The smallest absolute Gasteiger partial charge is 0.326 e. The largest absolute Gasteiger partial charge is 0.481 e. The van der Waals surface area contributed by atoms with E-state index in [4.69, 9.17) is 26.8 Å². The normalized spacial score (nSPS) is 14.2. The Morgan fingerprint density at radius 3 is 1.68 bits per heavy atom. The van der Waals surface area contributed by atoms with E-state index in [9.17, 15) is 33.6 Å². The lowest BCUT2D eigenvalue weighted by Crippen LogP contribution is -2.58. The van der Waals surface area contributed by atoms with Crippen molar-refractivity contribution in [2.75, 3.05) is 0 Å². The van der Waals surface area contributed by atoms with Crippen molar-refractivity contribution in [3.8, 4) is 0 Å². The highest BCUT2D eigenvalue weighted by Gasteiger charge is 2.32. The molecule has 4 atom stereocenters. The molecule has 34 heavy (non-hydrogen) atoms. The van der Waals surface area contributed by atoms with Crippen LogP contribution in [0.1, 0.15) is 46.0 Å². The SMILES string of the molecule is CC(C)C(NC(=O)C(CCC(=O)O)NC(=O)C(N)CCC(=O)O)C(=O)NC(CC(N)=O)C(=O)O. The summed E-state index contributed by atoms with van der Waals surface area (Å²) < 4.78 is 0. The lowest BCUT2D eigenvalue weighted by molar-refractivity contribution is -0.144. The molecule has 0 rings (SSSR count). The van der Waals surface area contributed by atoms with Gasteiger partial charge in [-0.3, -0.25) is 28.8 Å². The van der Waals surface area contributed by atoms with E-state index in [1.165, 1.54) is 13.8 Å². The number of hydrogen-bond acceptors (Lipinski definition) is 8. The molecule has 10 N–H and O–H groups in total. The van der Waals surface area contributed by atoms with Crippen molar-refractivity contribution in [1.82, 2.24) is 16.0 Å². The standard InChI is InChI=1S/C19H31N5O10/c1-8(2)15(18(32)23-11(19(33)34)7-12(21)25)24-17(31)10(4-6-14(28)29)22-16(30)9(20)3-5-13(26)27/h8-11,15H,3-7,20H2,1-2H3,(H2,21,25)(H,22,30)(H,23,32)(H,24,31)(H,26,27)(H,28,29)(H,33,34). The predicted molar refractivity (Wildman–Crippen MR) is 114 cm³/mol. The van der Waals surface area contributed by atoms with Gasteiger partial charge in [0.1, 0.15) is 18.1 Å². The molecule has 0 spiro atoms. The van der Waals surface area contributed by atoms with Crippen LogP contribution >= 0.6 is 0 Å². The Bertz CT molecular complexity index is 800. The fourth-order valence-electron chi connectivity index (χ4n) is 2.68. The van der Waals surface area contributed by atoms with Crippen molar-refractivity contribution in [1.29, 1.82) is 0 Å². The Hall–Kier alpha value is -3.75. The van der Waals surface area contributed by atoms with Gasteiger partial charge in [0.05, 0.1) is 12.5 Å². The van der Waals surface area contributed by atoms with Crippen LogP contribution in [-0.2, 0) is 33.6 Å². The van der Waals surface area contributed by atoms with Crippen LogP contribution in [0.15, 0.2) is 0 Å². The van der Waals surface area contributed by atoms with Gasteiger partial charge >= 0.3 is 17.9 Å². The summed E-state index contributed by atoms with van der Waals surface area (Å²) in [7, 11) is 0. The van der Waals surface area contributed by atoms with Gasteiger partial charge in [0.25, 0.3) is 0 Å². The number of carboxylic acids is 3. The maximum absolute atomic E-state index is 12.8. The quantitative estimate of drug-likeness (QED) is 0.109. The van der Waals surface area contributed by atoms with Crippen molar-refractivity contribution in [2.45, 2.75) is 70.1 Å². The molecule has 15 nitrogen and oxygen atoms in total. The van der Waals surface area contributed by atoms with Gasteiger partial charge in [-0.1, -0.05) is 13.8 Å². The third kappa shape index (κ3) is 11.8. The number of carbonyl (C=O) groups excluding carboxylic acids is 4. The van der Waals surface area contributed by atoms with Crippen molar-refractivity contribution < 1.29 is 48.9 Å². The zero-order chi connectivity index (χ0) is 26.6. The Morgan fingerprint density at radius 1 is 0.735 bits per heavy atom. The molecule has 0 aliphatic heterocycles. The van der Waals surface area contributed by atoms with Crippen LogP contribution < -0.4 is 27.4 Å². The minimum Gasteiger partial charge on any atom is -0.481 e. The van der Waals surface area contributed by atoms with E-state index in [0.29, 0.717) is 0 Å². The predicted octanol–water partition coefficient (Wildman–Crippen LogP) is -2.89. The summed E-state index contributed by atoms with van der Waals surface area (Å²) in [5.41, 5.74) is 10.6. The fourth-order valence-corrected chi connectivity index (χ4v) is 2.68. The van der Waals surface area contributed by atoms with E-state index >= 15 is 0 Å². The van der Waals surface area contributed by atoms with E-state index in [-0.39, 0.29) is 12.8 Å². The number of nitrogens with two attached hydrogens (primary N) is 2. The summed E-state index contributed by atoms with van der Waals surface area (Å²) in [6, 6.07) is -5.68. The second-order valence-electron chi connectivity index (χ2n) is 7.83. The first kappa shape index (κ1) is 30.2. The molecule has 0 fully saturated rings. The van der Waals surface area contributed by atoms with Crippen LogP contribution in [0.25, 0.3) is 0 Å². The monoisotopic (exact) mass is 489 g/mol. The van der Waals surface area contributed by atoms with Gasteiger partial charge in [-0.25, -0.2) is 4.79 Å². The average molecular weight is 489 g/mol. The van der Waals surface area contributed by atoms with Gasteiger partial charge in [-0.05, 0) is 18.8 Å². The minimum atomic E-state index is -1.64. The summed E-state index contributed by atoms with van der Waals surface area (Å²) in [5.74, 6) is -8.34. The van der Waals surface area contributed by atoms with Crippen molar-refractivity contribution >= 4 is 41.5 Å². The molecule has 0 aliphatic carbocycles. The molecule has 0 saturated heterocycles. The summed E-state index contributed by atoms with van der Waals surface area (Å²) in [6.45, 7) is 3.06. The van der Waals surface area contributed by atoms with Crippen LogP contribution in [0.5, 0.6) is 0 Å². The highest BCUT2D eigenvalue weighted by molar-refractivity contribution is 5.95. The number of rotatable bonds is 16. The lowest BCUT2D eigenvalue weighted by Gasteiger charge is -2.26. The van der Waals surface area contributed by atoms with Gasteiger partial charge in [0, 0.05) is 12.8 Å². The Kier molecular flexibility index (Phi) is 12.8. The topological polar surface area (TPSA) is 268 Å². The van der Waals surface area contributed by atoms with Crippen molar-refractivity contribution in [2.24, 2.45) is 17.4 Å². The highest BCUT2D eigenvalue weighted by Crippen LogP contribution is 2.07. The van der Waals surface area contributed by atoms with Crippen LogP contribution in [0.4, 0.5) is 0 Å². The first-order valence-electron chi connectivity index (χ1n) is 10.3. The fraction of sp³-hybridized carbons (Fsp3) is 0.632. The maximum Gasteiger partial charge on any atom is 0.326 e. The molecule has 15 heteroatoms. The zero-order valence-corrected chi connectivity index (χ0v) is 18.8. The third-order valence-electron chi connectivity index (χ3n) is 4.55. The summed E-state index contributed by atoms with van der Waals surface area (Å²) in [6.07, 6.45) is -2.23. The number of carbonyl (C=O) groups is 7. The van der Waals surface area contributed by atoms with E-state index in [2.05, 4.69) is 16.0 Å². The van der Waals surface area contributed by atoms with E-state index in [1.54, 1.807) is 0 Å². The molecular formula is C19H31N5O10. The molecule has 0 bridgehead atoms. The first-order valence-corrected chi connectivity index (χ1v) is 10.3. The Balaban J connectivity index is 5.48. The minimum absolute atomic E-state index is 0.234. The third-order valence-corrected chi connectivity index (χ3v) is 4.55. The van der Waals surface area contributed by atoms with Gasteiger partial charge in [-0.2, -0.15) is 0 Å². The average Bonchev–Trinajstić information content (AvgIpc) is 2.71. The number of carboxylic acid groups (broad SMARTS) is 3. The molecule has 4 unspecified atom stereocenters. The van der Waals surface area contributed by atoms with Crippen molar-refractivity contribution in [3.05, 3.63) is 0 Å². The van der Waals surface area contributed by atoms with Crippen LogP contribution in [-0.4, -0.2) is 81.0 Å². The van der Waals surface area contributed by atoms with E-state index < -0.39 is 90.9 Å². The molecule has 4 amide bonds. The molecule has 192 valence electrons. The molecule has 0 aromatic carbocycles. The lowest BCUT2D eigenvalue weighted by atomic mass is 10.0. The number of hydrogen-bond donors (Lipinski definition) is 8. The Morgan fingerprint density at radius 2 is 1.24 bits per heavy atom.